The molecule has 0 spiro atoms. The van der Waals surface area contributed by atoms with Crippen LogP contribution in [0.4, 0.5) is 0 Å². The lowest BCUT2D eigenvalue weighted by molar-refractivity contribution is 0.112. The van der Waals surface area contributed by atoms with Gasteiger partial charge in [0, 0.05) is 11.6 Å². The van der Waals surface area contributed by atoms with Crippen LogP contribution in [0.5, 0.6) is 0 Å². The van der Waals surface area contributed by atoms with Gasteiger partial charge in [-0.25, -0.2) is 8.42 Å². The summed E-state index contributed by atoms with van der Waals surface area (Å²) in [6.07, 6.45) is 3.03. The van der Waals surface area contributed by atoms with Crippen molar-refractivity contribution in [3.05, 3.63) is 17.5 Å². The molecule has 1 aromatic heterocycles. The van der Waals surface area contributed by atoms with E-state index >= 15 is 0 Å². The van der Waals surface area contributed by atoms with Gasteiger partial charge in [0.1, 0.15) is 0 Å². The highest BCUT2D eigenvalue weighted by atomic mass is 32.2. The minimum absolute atomic E-state index is 0.122. The zero-order chi connectivity index (χ0) is 13.6. The molecule has 0 saturated carbocycles. The quantitative estimate of drug-likeness (QED) is 0.761. The second-order valence-electron chi connectivity index (χ2n) is 5.84. The SMILES string of the molecule is CC(C)(C)c1nn(C2CCS(=O)(=O)C2)cc1C=O. The number of hydrogen-bond acceptors (Lipinski definition) is 4. The van der Waals surface area contributed by atoms with Crippen molar-refractivity contribution in [1.29, 1.82) is 0 Å². The number of carbonyl (C=O) groups excluding carboxylic acids is 1. The number of rotatable bonds is 2. The van der Waals surface area contributed by atoms with E-state index < -0.39 is 9.84 Å². The third-order valence-corrected chi connectivity index (χ3v) is 4.93. The van der Waals surface area contributed by atoms with Crippen molar-refractivity contribution in [3.63, 3.8) is 0 Å². The van der Waals surface area contributed by atoms with Crippen molar-refractivity contribution in [2.45, 2.75) is 38.6 Å². The summed E-state index contributed by atoms with van der Waals surface area (Å²) in [6, 6.07) is -0.134. The second-order valence-corrected chi connectivity index (χ2v) is 8.07. The second kappa shape index (κ2) is 4.19. The lowest BCUT2D eigenvalue weighted by atomic mass is 9.90. The van der Waals surface area contributed by atoms with Gasteiger partial charge >= 0.3 is 0 Å². The maximum Gasteiger partial charge on any atom is 0.153 e. The van der Waals surface area contributed by atoms with Crippen LogP contribution in [0.1, 0.15) is 49.3 Å². The van der Waals surface area contributed by atoms with E-state index in [0.29, 0.717) is 12.0 Å². The molecule has 100 valence electrons. The Kier molecular flexibility index (Phi) is 3.09. The van der Waals surface area contributed by atoms with Crippen LogP contribution in [0.3, 0.4) is 0 Å². The van der Waals surface area contributed by atoms with E-state index in [0.717, 1.165) is 12.0 Å². The van der Waals surface area contributed by atoms with Gasteiger partial charge in [0.25, 0.3) is 0 Å². The van der Waals surface area contributed by atoms with E-state index in [9.17, 15) is 13.2 Å². The van der Waals surface area contributed by atoms with E-state index in [1.807, 2.05) is 20.8 Å². The first-order chi connectivity index (χ1) is 8.23. The van der Waals surface area contributed by atoms with Crippen molar-refractivity contribution >= 4 is 16.1 Å². The summed E-state index contributed by atoms with van der Waals surface area (Å²) in [5, 5.41) is 4.42. The van der Waals surface area contributed by atoms with Crippen LogP contribution < -0.4 is 0 Å². The van der Waals surface area contributed by atoms with E-state index in [-0.39, 0.29) is 23.0 Å². The Labute approximate surface area is 107 Å². The molecular formula is C12H18N2O3S. The van der Waals surface area contributed by atoms with Crippen molar-refractivity contribution in [2.75, 3.05) is 11.5 Å². The molecule has 1 aliphatic rings. The van der Waals surface area contributed by atoms with Crippen LogP contribution in [-0.2, 0) is 15.3 Å². The number of carbonyl (C=O) groups is 1. The Morgan fingerprint density at radius 1 is 1.44 bits per heavy atom. The fourth-order valence-corrected chi connectivity index (χ4v) is 3.95. The molecule has 2 heterocycles. The summed E-state index contributed by atoms with van der Waals surface area (Å²) in [5.41, 5.74) is 1.05. The maximum atomic E-state index is 11.5. The van der Waals surface area contributed by atoms with Crippen molar-refractivity contribution in [3.8, 4) is 0 Å². The number of hydrogen-bond donors (Lipinski definition) is 0. The molecule has 18 heavy (non-hydrogen) atoms. The van der Waals surface area contributed by atoms with Crippen LogP contribution in [0, 0.1) is 0 Å². The molecule has 6 heteroatoms. The Morgan fingerprint density at radius 3 is 2.50 bits per heavy atom. The Hall–Kier alpha value is -1.17. The number of aldehydes is 1. The van der Waals surface area contributed by atoms with Gasteiger partial charge in [-0.15, -0.1) is 0 Å². The van der Waals surface area contributed by atoms with Gasteiger partial charge in [-0.2, -0.15) is 5.10 Å². The molecule has 1 aliphatic heterocycles. The van der Waals surface area contributed by atoms with Crippen molar-refractivity contribution in [2.24, 2.45) is 0 Å². The van der Waals surface area contributed by atoms with Gasteiger partial charge < -0.3 is 0 Å². The minimum atomic E-state index is -2.94. The predicted octanol–water partition coefficient (Wildman–Crippen LogP) is 1.35. The first-order valence-corrected chi connectivity index (χ1v) is 7.80. The van der Waals surface area contributed by atoms with Crippen LogP contribution in [0.25, 0.3) is 0 Å². The van der Waals surface area contributed by atoms with E-state index in [1.54, 1.807) is 10.9 Å². The highest BCUT2D eigenvalue weighted by molar-refractivity contribution is 7.91. The zero-order valence-corrected chi connectivity index (χ0v) is 11.7. The van der Waals surface area contributed by atoms with Gasteiger partial charge in [-0.3, -0.25) is 9.48 Å². The van der Waals surface area contributed by atoms with Gasteiger partial charge in [0.15, 0.2) is 16.1 Å². The molecule has 1 aromatic rings. The fraction of sp³-hybridized carbons (Fsp3) is 0.667. The number of sulfone groups is 1. The summed E-state index contributed by atoms with van der Waals surface area (Å²) in [7, 11) is -2.94. The highest BCUT2D eigenvalue weighted by Gasteiger charge is 2.31. The summed E-state index contributed by atoms with van der Waals surface area (Å²) in [6.45, 7) is 5.95. The number of aromatic nitrogens is 2. The molecule has 0 radical (unpaired) electrons. The molecule has 0 aromatic carbocycles. The highest BCUT2D eigenvalue weighted by Crippen LogP contribution is 2.28. The van der Waals surface area contributed by atoms with Gasteiger partial charge in [-0.05, 0) is 6.42 Å². The zero-order valence-electron chi connectivity index (χ0n) is 10.9. The predicted molar refractivity (Wildman–Crippen MR) is 68.6 cm³/mol. The monoisotopic (exact) mass is 270 g/mol. The minimum Gasteiger partial charge on any atom is -0.298 e. The summed E-state index contributed by atoms with van der Waals surface area (Å²) in [4.78, 5) is 11.1. The molecule has 2 rings (SSSR count). The lowest BCUT2D eigenvalue weighted by Crippen LogP contribution is -2.16. The third-order valence-electron chi connectivity index (χ3n) is 3.18. The molecule has 0 amide bonds. The molecule has 5 nitrogen and oxygen atoms in total. The Morgan fingerprint density at radius 2 is 2.11 bits per heavy atom. The van der Waals surface area contributed by atoms with E-state index in [1.165, 1.54) is 0 Å². The molecule has 0 aliphatic carbocycles. The average Bonchev–Trinajstić information content (AvgIpc) is 2.79. The largest absolute Gasteiger partial charge is 0.298 e. The standard InChI is InChI=1S/C12H18N2O3S/c1-12(2,3)11-9(7-15)6-14(13-11)10-4-5-18(16,17)8-10/h6-7,10H,4-5,8H2,1-3H3. The molecular weight excluding hydrogens is 252 g/mol. The molecule has 1 atom stereocenters. The normalized spacial score (nSPS) is 23.2. The number of nitrogens with zero attached hydrogens (tertiary/aromatic N) is 2. The van der Waals surface area contributed by atoms with Gasteiger partial charge in [0.2, 0.25) is 0 Å². The Balaban J connectivity index is 2.37. The molecule has 1 fully saturated rings. The maximum absolute atomic E-state index is 11.5. The molecule has 1 saturated heterocycles. The van der Waals surface area contributed by atoms with E-state index in [2.05, 4.69) is 5.10 Å². The molecule has 1 unspecified atom stereocenters. The van der Waals surface area contributed by atoms with Gasteiger partial charge in [-0.1, -0.05) is 20.8 Å². The molecule has 0 N–H and O–H groups in total. The van der Waals surface area contributed by atoms with Crippen molar-refractivity contribution in [1.82, 2.24) is 9.78 Å². The summed E-state index contributed by atoms with van der Waals surface area (Å²) in [5.74, 6) is 0.329. The molecule has 0 bridgehead atoms. The summed E-state index contributed by atoms with van der Waals surface area (Å²) >= 11 is 0. The van der Waals surface area contributed by atoms with Crippen LogP contribution >= 0.6 is 0 Å². The Bertz CT molecular complexity index is 567. The smallest absolute Gasteiger partial charge is 0.153 e. The third kappa shape index (κ3) is 2.48. The first kappa shape index (κ1) is 13.3. The van der Waals surface area contributed by atoms with Crippen LogP contribution in [-0.4, -0.2) is 36.0 Å². The average molecular weight is 270 g/mol. The van der Waals surface area contributed by atoms with Crippen LogP contribution in [0.15, 0.2) is 6.20 Å². The first-order valence-electron chi connectivity index (χ1n) is 5.98. The van der Waals surface area contributed by atoms with Crippen molar-refractivity contribution < 1.29 is 13.2 Å². The topological polar surface area (TPSA) is 69.0 Å². The fourth-order valence-electron chi connectivity index (χ4n) is 2.25. The summed E-state index contributed by atoms with van der Waals surface area (Å²) < 4.78 is 24.6. The van der Waals surface area contributed by atoms with E-state index in [4.69, 9.17) is 0 Å². The van der Waals surface area contributed by atoms with Crippen LogP contribution in [0.2, 0.25) is 0 Å². The van der Waals surface area contributed by atoms with Gasteiger partial charge in [0.05, 0.1) is 28.8 Å². The lowest BCUT2D eigenvalue weighted by Gasteiger charge is -2.16.